The fourth-order valence-corrected chi connectivity index (χ4v) is 2.38. The van der Waals surface area contributed by atoms with Crippen LogP contribution in [-0.4, -0.2) is 12.5 Å². The van der Waals surface area contributed by atoms with E-state index in [1.807, 2.05) is 6.07 Å². The van der Waals surface area contributed by atoms with Crippen molar-refractivity contribution in [2.24, 2.45) is 0 Å². The molecule has 0 radical (unpaired) electrons. The maximum Gasteiger partial charge on any atom is 0.216 e. The molecule has 0 fully saturated rings. The first-order valence-corrected chi connectivity index (χ1v) is 7.08. The fraction of sp³-hybridized carbons (Fsp3) is 0.278. The number of amides is 1. The summed E-state index contributed by atoms with van der Waals surface area (Å²) in [5.74, 6) is -0.273. The largest absolute Gasteiger partial charge is 0.356 e. The Kier molecular flexibility index (Phi) is 4.73. The standard InChI is InChI=1S/C18H20FNO/c1-12-9-16(7-8-20-14(3)21)18(10-13(12)2)15-5-4-6-17(19)11-15/h4-6,9-11H,7-8H2,1-3H3,(H,20,21). The van der Waals surface area contributed by atoms with E-state index in [-0.39, 0.29) is 11.7 Å². The van der Waals surface area contributed by atoms with Crippen molar-refractivity contribution in [2.45, 2.75) is 27.2 Å². The van der Waals surface area contributed by atoms with E-state index in [1.54, 1.807) is 12.1 Å². The van der Waals surface area contributed by atoms with Crippen molar-refractivity contribution in [3.8, 4) is 11.1 Å². The lowest BCUT2D eigenvalue weighted by molar-refractivity contribution is -0.118. The molecule has 0 aliphatic heterocycles. The van der Waals surface area contributed by atoms with Crippen molar-refractivity contribution in [3.63, 3.8) is 0 Å². The van der Waals surface area contributed by atoms with Crippen molar-refractivity contribution >= 4 is 5.91 Å². The topological polar surface area (TPSA) is 29.1 Å². The zero-order valence-electron chi connectivity index (χ0n) is 12.7. The molecule has 0 aliphatic rings. The Morgan fingerprint density at radius 2 is 1.86 bits per heavy atom. The Balaban J connectivity index is 2.38. The minimum atomic E-state index is -0.237. The molecule has 21 heavy (non-hydrogen) atoms. The van der Waals surface area contributed by atoms with Gasteiger partial charge >= 0.3 is 0 Å². The molecule has 0 aliphatic carbocycles. The maximum atomic E-state index is 13.5. The number of rotatable bonds is 4. The van der Waals surface area contributed by atoms with Gasteiger partial charge < -0.3 is 5.32 Å². The highest BCUT2D eigenvalue weighted by molar-refractivity contribution is 5.73. The second-order valence-corrected chi connectivity index (χ2v) is 5.34. The minimum Gasteiger partial charge on any atom is -0.356 e. The number of halogens is 1. The molecule has 0 heterocycles. The first kappa shape index (κ1) is 15.2. The smallest absolute Gasteiger partial charge is 0.216 e. The SMILES string of the molecule is CC(=O)NCCc1cc(C)c(C)cc1-c1cccc(F)c1. The number of aryl methyl sites for hydroxylation is 2. The van der Waals surface area contributed by atoms with Gasteiger partial charge in [0.1, 0.15) is 5.82 Å². The van der Waals surface area contributed by atoms with Gasteiger partial charge in [-0.3, -0.25) is 4.79 Å². The van der Waals surface area contributed by atoms with E-state index in [0.29, 0.717) is 6.54 Å². The highest BCUT2D eigenvalue weighted by Crippen LogP contribution is 2.27. The van der Waals surface area contributed by atoms with Gasteiger partial charge in [0.2, 0.25) is 5.91 Å². The molecule has 110 valence electrons. The van der Waals surface area contributed by atoms with E-state index in [1.165, 1.54) is 24.1 Å². The van der Waals surface area contributed by atoms with Crippen LogP contribution in [0.2, 0.25) is 0 Å². The number of hydrogen-bond donors (Lipinski definition) is 1. The average Bonchev–Trinajstić information content (AvgIpc) is 2.42. The molecule has 0 unspecified atom stereocenters. The Labute approximate surface area is 125 Å². The molecule has 2 rings (SSSR count). The molecule has 1 N–H and O–H groups in total. The van der Waals surface area contributed by atoms with E-state index in [4.69, 9.17) is 0 Å². The Hall–Kier alpha value is -2.16. The summed E-state index contributed by atoms with van der Waals surface area (Å²) in [6, 6.07) is 10.8. The van der Waals surface area contributed by atoms with Crippen molar-refractivity contribution in [3.05, 3.63) is 58.9 Å². The van der Waals surface area contributed by atoms with E-state index in [9.17, 15) is 9.18 Å². The summed E-state index contributed by atoms with van der Waals surface area (Å²) in [6.07, 6.45) is 0.729. The first-order chi connectivity index (χ1) is 9.97. The van der Waals surface area contributed by atoms with Crippen LogP contribution in [0, 0.1) is 19.7 Å². The van der Waals surface area contributed by atoms with Crippen molar-refractivity contribution in [1.29, 1.82) is 0 Å². The fourth-order valence-electron chi connectivity index (χ4n) is 2.38. The van der Waals surface area contributed by atoms with Gasteiger partial charge in [-0.1, -0.05) is 24.3 Å². The predicted molar refractivity (Wildman–Crippen MR) is 83.7 cm³/mol. The molecule has 0 aromatic heterocycles. The molecule has 2 nitrogen and oxygen atoms in total. The monoisotopic (exact) mass is 285 g/mol. The van der Waals surface area contributed by atoms with Crippen molar-refractivity contribution in [1.82, 2.24) is 5.32 Å². The van der Waals surface area contributed by atoms with Gasteiger partial charge in [0.05, 0.1) is 0 Å². The summed E-state index contributed by atoms with van der Waals surface area (Å²) >= 11 is 0. The Morgan fingerprint density at radius 3 is 2.52 bits per heavy atom. The summed E-state index contributed by atoms with van der Waals surface area (Å²) in [7, 11) is 0. The van der Waals surface area contributed by atoms with Gasteiger partial charge in [-0.25, -0.2) is 4.39 Å². The van der Waals surface area contributed by atoms with Gasteiger partial charge in [0, 0.05) is 13.5 Å². The van der Waals surface area contributed by atoms with Gasteiger partial charge in [-0.2, -0.15) is 0 Å². The third-order valence-corrected chi connectivity index (χ3v) is 3.62. The zero-order valence-corrected chi connectivity index (χ0v) is 12.7. The lowest BCUT2D eigenvalue weighted by atomic mass is 9.93. The van der Waals surface area contributed by atoms with Crippen LogP contribution in [0.25, 0.3) is 11.1 Å². The minimum absolute atomic E-state index is 0.0360. The van der Waals surface area contributed by atoms with E-state index in [2.05, 4.69) is 31.3 Å². The lowest BCUT2D eigenvalue weighted by Gasteiger charge is -2.14. The second-order valence-electron chi connectivity index (χ2n) is 5.34. The number of nitrogens with one attached hydrogen (secondary N) is 1. The van der Waals surface area contributed by atoms with E-state index < -0.39 is 0 Å². The summed E-state index contributed by atoms with van der Waals surface area (Å²) in [5, 5.41) is 2.81. The lowest BCUT2D eigenvalue weighted by Crippen LogP contribution is -2.22. The quantitative estimate of drug-likeness (QED) is 0.910. The highest BCUT2D eigenvalue weighted by atomic mass is 19.1. The Morgan fingerprint density at radius 1 is 1.14 bits per heavy atom. The molecular weight excluding hydrogens is 265 g/mol. The Bertz CT molecular complexity index is 664. The van der Waals surface area contributed by atoms with Crippen LogP contribution >= 0.6 is 0 Å². The summed E-state index contributed by atoms with van der Waals surface area (Å²) in [6.45, 7) is 6.20. The van der Waals surface area contributed by atoms with Crippen molar-refractivity contribution < 1.29 is 9.18 Å². The molecule has 3 heteroatoms. The molecular formula is C18H20FNO. The molecule has 2 aromatic carbocycles. The molecule has 0 atom stereocenters. The van der Waals surface area contributed by atoms with Crippen LogP contribution in [-0.2, 0) is 11.2 Å². The summed E-state index contributed by atoms with van der Waals surface area (Å²) in [4.78, 5) is 11.0. The van der Waals surface area contributed by atoms with E-state index >= 15 is 0 Å². The van der Waals surface area contributed by atoms with Crippen LogP contribution in [0.5, 0.6) is 0 Å². The maximum absolute atomic E-state index is 13.5. The van der Waals surface area contributed by atoms with Crippen LogP contribution in [0.15, 0.2) is 36.4 Å². The van der Waals surface area contributed by atoms with Gasteiger partial charge in [0.25, 0.3) is 0 Å². The average molecular weight is 285 g/mol. The second kappa shape index (κ2) is 6.53. The number of benzene rings is 2. The molecule has 2 aromatic rings. The number of carbonyl (C=O) groups is 1. The molecule has 0 spiro atoms. The van der Waals surface area contributed by atoms with Crippen molar-refractivity contribution in [2.75, 3.05) is 6.54 Å². The molecule has 0 saturated carbocycles. The third kappa shape index (κ3) is 3.91. The van der Waals surface area contributed by atoms with Crippen LogP contribution in [0.1, 0.15) is 23.6 Å². The number of hydrogen-bond acceptors (Lipinski definition) is 1. The normalized spacial score (nSPS) is 10.5. The van der Waals surface area contributed by atoms with E-state index in [0.717, 1.165) is 23.1 Å². The first-order valence-electron chi connectivity index (χ1n) is 7.08. The van der Waals surface area contributed by atoms with Crippen LogP contribution < -0.4 is 5.32 Å². The molecule has 0 saturated heterocycles. The summed E-state index contributed by atoms with van der Waals surface area (Å²) < 4.78 is 13.5. The summed E-state index contributed by atoms with van der Waals surface area (Å²) in [5.41, 5.74) is 5.40. The predicted octanol–water partition coefficient (Wildman–Crippen LogP) is 3.79. The van der Waals surface area contributed by atoms with Gasteiger partial charge in [-0.05, 0) is 60.2 Å². The molecule has 1 amide bonds. The highest BCUT2D eigenvalue weighted by Gasteiger charge is 2.09. The number of carbonyl (C=O) groups excluding carboxylic acids is 1. The van der Waals surface area contributed by atoms with Gasteiger partial charge in [-0.15, -0.1) is 0 Å². The van der Waals surface area contributed by atoms with Crippen LogP contribution in [0.4, 0.5) is 4.39 Å². The third-order valence-electron chi connectivity index (χ3n) is 3.62. The molecule has 0 bridgehead atoms. The van der Waals surface area contributed by atoms with Crippen LogP contribution in [0.3, 0.4) is 0 Å². The zero-order chi connectivity index (χ0) is 15.4. The van der Waals surface area contributed by atoms with Gasteiger partial charge in [0.15, 0.2) is 0 Å².